The molecule has 0 aliphatic rings. The van der Waals surface area contributed by atoms with Crippen molar-refractivity contribution >= 4 is 5.78 Å². The monoisotopic (exact) mass is 260 g/mol. The molecule has 0 spiro atoms. The van der Waals surface area contributed by atoms with Crippen LogP contribution >= 0.6 is 0 Å². The number of benzene rings is 1. The number of methoxy groups -OCH3 is 1. The van der Waals surface area contributed by atoms with Crippen LogP contribution in [0.15, 0.2) is 18.2 Å². The van der Waals surface area contributed by atoms with Crippen LogP contribution in [0.2, 0.25) is 0 Å². The minimum atomic E-state index is -0.0213. The van der Waals surface area contributed by atoms with Gasteiger partial charge in [0.25, 0.3) is 0 Å². The average molecular weight is 260 g/mol. The number of Topliss-reactive ketones (excluding diaryl/α,β-unsaturated/α-hetero) is 1. The highest BCUT2D eigenvalue weighted by atomic mass is 16.5. The number of carbonyl (C=O) groups is 1. The van der Waals surface area contributed by atoms with E-state index < -0.39 is 0 Å². The third-order valence-electron chi connectivity index (χ3n) is 2.93. The van der Waals surface area contributed by atoms with Crippen LogP contribution < -0.4 is 4.74 Å². The van der Waals surface area contributed by atoms with Crippen LogP contribution in [0.1, 0.15) is 29.8 Å². The third-order valence-corrected chi connectivity index (χ3v) is 2.93. The van der Waals surface area contributed by atoms with Crippen LogP contribution in [0.25, 0.3) is 0 Å². The molecule has 1 rings (SSSR count). The molecule has 1 atom stereocenters. The zero-order valence-corrected chi connectivity index (χ0v) is 11.9. The van der Waals surface area contributed by atoms with Crippen molar-refractivity contribution < 1.29 is 9.53 Å². The molecule has 0 fully saturated rings. The summed E-state index contributed by atoms with van der Waals surface area (Å²) in [4.78, 5) is 13.5. The largest absolute Gasteiger partial charge is 0.496 e. The molecule has 4 nitrogen and oxygen atoms in total. The van der Waals surface area contributed by atoms with Crippen molar-refractivity contribution in [3.05, 3.63) is 29.3 Å². The van der Waals surface area contributed by atoms with E-state index in [9.17, 15) is 4.79 Å². The number of hydrogen-bond acceptors (Lipinski definition) is 4. The number of carbonyl (C=O) groups excluding carboxylic acids is 1. The first-order chi connectivity index (χ1) is 8.97. The summed E-state index contributed by atoms with van der Waals surface area (Å²) in [6.45, 7) is 4.77. The van der Waals surface area contributed by atoms with Gasteiger partial charge in [-0.3, -0.25) is 4.79 Å². The van der Waals surface area contributed by atoms with E-state index >= 15 is 0 Å². The Morgan fingerprint density at radius 2 is 2.21 bits per heavy atom. The second-order valence-electron chi connectivity index (χ2n) is 4.81. The van der Waals surface area contributed by atoms with Crippen molar-refractivity contribution in [2.45, 2.75) is 20.4 Å². The fourth-order valence-corrected chi connectivity index (χ4v) is 1.98. The van der Waals surface area contributed by atoms with Gasteiger partial charge >= 0.3 is 0 Å². The van der Waals surface area contributed by atoms with Gasteiger partial charge in [-0.1, -0.05) is 0 Å². The summed E-state index contributed by atoms with van der Waals surface area (Å²) < 4.78 is 5.31. The fraction of sp³-hybridized carbons (Fsp3) is 0.467. The van der Waals surface area contributed by atoms with Gasteiger partial charge in [0.05, 0.1) is 19.1 Å². The van der Waals surface area contributed by atoms with E-state index in [1.54, 1.807) is 20.1 Å². The predicted molar refractivity (Wildman–Crippen MR) is 74.1 cm³/mol. The molecule has 19 heavy (non-hydrogen) atoms. The van der Waals surface area contributed by atoms with E-state index in [1.807, 2.05) is 26.1 Å². The maximum Gasteiger partial charge on any atom is 0.159 e. The van der Waals surface area contributed by atoms with Crippen molar-refractivity contribution in [2.24, 2.45) is 5.92 Å². The zero-order valence-electron chi connectivity index (χ0n) is 11.9. The lowest BCUT2D eigenvalue weighted by atomic mass is 10.1. The number of ether oxygens (including phenoxy) is 1. The van der Waals surface area contributed by atoms with Gasteiger partial charge in [0.15, 0.2) is 5.78 Å². The fourth-order valence-electron chi connectivity index (χ4n) is 1.98. The topological polar surface area (TPSA) is 53.3 Å². The SMILES string of the molecule is COc1ccc(C(C)=O)cc1CN(C)CC(C)C#N. The molecule has 1 aromatic rings. The van der Waals surface area contributed by atoms with Crippen molar-refractivity contribution in [1.29, 1.82) is 5.26 Å². The van der Waals surface area contributed by atoms with Crippen molar-refractivity contribution in [2.75, 3.05) is 20.7 Å². The number of nitrogens with zero attached hydrogens (tertiary/aromatic N) is 2. The van der Waals surface area contributed by atoms with Crippen molar-refractivity contribution in [1.82, 2.24) is 4.90 Å². The van der Waals surface area contributed by atoms with Crippen LogP contribution in [0, 0.1) is 17.2 Å². The molecule has 0 aliphatic heterocycles. The second kappa shape index (κ2) is 6.91. The summed E-state index contributed by atoms with van der Waals surface area (Å²) in [6.07, 6.45) is 0. The second-order valence-corrected chi connectivity index (χ2v) is 4.81. The van der Waals surface area contributed by atoms with Crippen LogP contribution in [0.3, 0.4) is 0 Å². The number of ketones is 1. The smallest absolute Gasteiger partial charge is 0.159 e. The Morgan fingerprint density at radius 1 is 1.53 bits per heavy atom. The lowest BCUT2D eigenvalue weighted by molar-refractivity contribution is 0.101. The van der Waals surface area contributed by atoms with Crippen LogP contribution in [0.4, 0.5) is 0 Å². The van der Waals surface area contributed by atoms with Crippen LogP contribution in [-0.2, 0) is 6.54 Å². The highest BCUT2D eigenvalue weighted by Gasteiger charge is 2.11. The van der Waals surface area contributed by atoms with E-state index in [-0.39, 0.29) is 11.7 Å². The Morgan fingerprint density at radius 3 is 2.74 bits per heavy atom. The number of hydrogen-bond donors (Lipinski definition) is 0. The summed E-state index contributed by atoms with van der Waals surface area (Å²) >= 11 is 0. The molecular weight excluding hydrogens is 240 g/mol. The Bertz CT molecular complexity index is 491. The molecule has 0 amide bonds. The molecule has 0 N–H and O–H groups in total. The first-order valence-corrected chi connectivity index (χ1v) is 6.24. The highest BCUT2D eigenvalue weighted by molar-refractivity contribution is 5.94. The Hall–Kier alpha value is -1.86. The van der Waals surface area contributed by atoms with E-state index in [0.717, 1.165) is 11.3 Å². The van der Waals surface area contributed by atoms with Gasteiger partial charge in [0.2, 0.25) is 0 Å². The summed E-state index contributed by atoms with van der Waals surface area (Å²) in [5.74, 6) is 0.783. The molecule has 0 aromatic heterocycles. The van der Waals surface area contributed by atoms with E-state index in [1.165, 1.54) is 0 Å². The molecule has 0 bridgehead atoms. The van der Waals surface area contributed by atoms with E-state index in [2.05, 4.69) is 11.0 Å². The van der Waals surface area contributed by atoms with E-state index in [4.69, 9.17) is 10.00 Å². The minimum absolute atomic E-state index is 0.0213. The molecular formula is C15H20N2O2. The molecule has 0 saturated carbocycles. The zero-order chi connectivity index (χ0) is 14.4. The van der Waals surface area contributed by atoms with Gasteiger partial charge in [-0.15, -0.1) is 0 Å². The molecule has 0 radical (unpaired) electrons. The first kappa shape index (κ1) is 15.2. The minimum Gasteiger partial charge on any atom is -0.496 e. The van der Waals surface area contributed by atoms with Crippen LogP contribution in [0.5, 0.6) is 5.75 Å². The van der Waals surface area contributed by atoms with Crippen molar-refractivity contribution in [3.8, 4) is 11.8 Å². The molecule has 1 aromatic carbocycles. The average Bonchev–Trinajstić information content (AvgIpc) is 2.38. The lowest BCUT2D eigenvalue weighted by Crippen LogP contribution is -2.23. The summed E-state index contributed by atoms with van der Waals surface area (Å²) in [7, 11) is 3.57. The normalized spacial score (nSPS) is 12.0. The van der Waals surface area contributed by atoms with E-state index in [0.29, 0.717) is 18.7 Å². The molecule has 0 aliphatic carbocycles. The predicted octanol–water partition coefficient (Wildman–Crippen LogP) is 2.49. The van der Waals surface area contributed by atoms with Crippen molar-refractivity contribution in [3.63, 3.8) is 0 Å². The Labute approximate surface area is 114 Å². The van der Waals surface area contributed by atoms with Gasteiger partial charge in [0, 0.05) is 24.2 Å². The summed E-state index contributed by atoms with van der Waals surface area (Å²) in [5.41, 5.74) is 1.64. The summed E-state index contributed by atoms with van der Waals surface area (Å²) in [6, 6.07) is 7.65. The first-order valence-electron chi connectivity index (χ1n) is 6.24. The quantitative estimate of drug-likeness (QED) is 0.737. The summed E-state index contributed by atoms with van der Waals surface area (Å²) in [5, 5.41) is 8.82. The number of rotatable bonds is 6. The highest BCUT2D eigenvalue weighted by Crippen LogP contribution is 2.21. The van der Waals surface area contributed by atoms with Gasteiger partial charge in [-0.25, -0.2) is 0 Å². The molecule has 0 heterocycles. The van der Waals surface area contributed by atoms with Gasteiger partial charge in [-0.05, 0) is 39.1 Å². The van der Waals surface area contributed by atoms with Crippen LogP contribution in [-0.4, -0.2) is 31.4 Å². The molecule has 4 heteroatoms. The van der Waals surface area contributed by atoms with Gasteiger partial charge in [0.1, 0.15) is 5.75 Å². The Kier molecular flexibility index (Phi) is 5.53. The molecule has 1 unspecified atom stereocenters. The molecule has 0 saturated heterocycles. The maximum absolute atomic E-state index is 11.4. The maximum atomic E-state index is 11.4. The lowest BCUT2D eigenvalue weighted by Gasteiger charge is -2.19. The Balaban J connectivity index is 2.89. The standard InChI is InChI=1S/C15H20N2O2/c1-11(8-16)9-17(3)10-14-7-13(12(2)18)5-6-15(14)19-4/h5-7,11H,9-10H2,1-4H3. The number of nitriles is 1. The van der Waals surface area contributed by atoms with Gasteiger partial charge in [-0.2, -0.15) is 5.26 Å². The van der Waals surface area contributed by atoms with Gasteiger partial charge < -0.3 is 9.64 Å². The molecule has 102 valence electrons. The third kappa shape index (κ3) is 4.38.